The lowest BCUT2D eigenvalue weighted by Crippen LogP contribution is -2.70. The number of amides is 2. The molecule has 40 atom stereocenters. The number of carbonyl (C=O) groups is 2. The van der Waals surface area contributed by atoms with Gasteiger partial charge in [0.05, 0.1) is 52.4 Å². The van der Waals surface area contributed by atoms with E-state index >= 15 is 0 Å². The third-order valence-electron chi connectivity index (χ3n) is 17.4. The minimum atomic E-state index is -2.39. The topological polar surface area (TPSA) is 662 Å². The average Bonchev–Trinajstić information content (AvgIpc) is 0.778. The van der Waals surface area contributed by atoms with Crippen molar-refractivity contribution in [3.05, 3.63) is 0 Å². The Morgan fingerprint density at radius 2 is 0.606 bits per heavy atom. The molecule has 2 amide bonds. The van der Waals surface area contributed by atoms with E-state index in [0.29, 0.717) is 0 Å². The van der Waals surface area contributed by atoms with Crippen molar-refractivity contribution < 1.29 is 198 Å². The molecule has 8 saturated heterocycles. The molecule has 0 aromatic heterocycles. The molecule has 8 heterocycles. The quantitative estimate of drug-likeness (QED) is 0.0452. The number of ether oxygens (including phenoxy) is 15. The van der Waals surface area contributed by atoms with E-state index in [4.69, 9.17) is 71.1 Å². The first-order valence-corrected chi connectivity index (χ1v) is 30.0. The largest absolute Gasteiger partial charge is 0.394 e. The van der Waals surface area contributed by atoms with Gasteiger partial charge in [-0.15, -0.1) is 0 Å². The summed E-state index contributed by atoms with van der Waals surface area (Å²) < 4.78 is 86.4. The van der Waals surface area contributed by atoms with E-state index < -0.39 is 304 Å². The van der Waals surface area contributed by atoms with Crippen molar-refractivity contribution in [1.82, 2.24) is 10.6 Å². The lowest BCUT2D eigenvalue weighted by Gasteiger charge is -2.50. The second kappa shape index (κ2) is 33.3. The van der Waals surface area contributed by atoms with Crippen LogP contribution in [0.15, 0.2) is 0 Å². The molecule has 0 bridgehead atoms. The molecular weight excluding hydrogens is 1290 g/mol. The van der Waals surface area contributed by atoms with E-state index in [0.717, 1.165) is 13.8 Å². The van der Waals surface area contributed by atoms with Crippen LogP contribution in [0.4, 0.5) is 0 Å². The zero-order valence-electron chi connectivity index (χ0n) is 50.3. The van der Waals surface area contributed by atoms with E-state index in [-0.39, 0.29) is 0 Å². The Labute approximate surface area is 532 Å². The highest BCUT2D eigenvalue weighted by Crippen LogP contribution is 2.38. The minimum absolute atomic E-state index is 0.789. The van der Waals surface area contributed by atoms with Gasteiger partial charge in [0.15, 0.2) is 50.3 Å². The lowest BCUT2D eigenvalue weighted by molar-refractivity contribution is -0.388. The van der Waals surface area contributed by atoms with Gasteiger partial charge in [-0.3, -0.25) is 9.59 Å². The molecule has 8 aliphatic rings. The summed E-state index contributed by atoms with van der Waals surface area (Å²) in [5.74, 6) is -1.71. The monoisotopic (exact) mass is 1380 g/mol. The molecule has 0 aromatic carbocycles. The van der Waals surface area contributed by atoms with Crippen LogP contribution in [0.5, 0.6) is 0 Å². The molecule has 0 radical (unpaired) electrons. The molecule has 0 aliphatic carbocycles. The first kappa shape index (κ1) is 77.2. The molecule has 94 heavy (non-hydrogen) atoms. The van der Waals surface area contributed by atoms with Crippen LogP contribution in [0.25, 0.3) is 0 Å². The van der Waals surface area contributed by atoms with Crippen LogP contribution in [0, 0.1) is 0 Å². The van der Waals surface area contributed by atoms with Crippen LogP contribution in [-0.4, -0.2) is 421 Å². The molecule has 8 fully saturated rings. The number of nitrogens with one attached hydrogen (secondary N) is 2. The van der Waals surface area contributed by atoms with Crippen molar-refractivity contribution in [1.29, 1.82) is 0 Å². The Hall–Kier alpha value is -2.58. The highest BCUT2D eigenvalue weighted by Gasteiger charge is 2.59. The van der Waals surface area contributed by atoms with E-state index in [2.05, 4.69) is 10.6 Å². The summed E-state index contributed by atoms with van der Waals surface area (Å²) in [5, 5.41) is 255. The predicted octanol–water partition coefficient (Wildman–Crippen LogP) is -17.1. The predicted molar refractivity (Wildman–Crippen MR) is 286 cm³/mol. The number of hydrogen-bond donors (Lipinski definition) is 25. The zero-order chi connectivity index (χ0) is 69.2. The van der Waals surface area contributed by atoms with Crippen molar-refractivity contribution in [3.63, 3.8) is 0 Å². The zero-order valence-corrected chi connectivity index (χ0v) is 50.3. The van der Waals surface area contributed by atoms with Gasteiger partial charge < -0.3 is 199 Å². The van der Waals surface area contributed by atoms with Gasteiger partial charge in [0.25, 0.3) is 0 Å². The summed E-state index contributed by atoms with van der Waals surface area (Å²) in [7, 11) is 0. The maximum atomic E-state index is 12.9. The summed E-state index contributed by atoms with van der Waals surface area (Å²) in [4.78, 5) is 25.2. The van der Waals surface area contributed by atoms with Gasteiger partial charge in [-0.1, -0.05) is 0 Å². The Balaban J connectivity index is 1.07. The summed E-state index contributed by atoms with van der Waals surface area (Å²) in [5.41, 5.74) is 0. The second-order valence-electron chi connectivity index (χ2n) is 23.9. The second-order valence-corrected chi connectivity index (χ2v) is 23.9. The van der Waals surface area contributed by atoms with Gasteiger partial charge in [0, 0.05) is 13.8 Å². The van der Waals surface area contributed by atoms with Crippen molar-refractivity contribution >= 4 is 11.8 Å². The summed E-state index contributed by atoms with van der Waals surface area (Å²) in [6, 6.07) is -3.58. The van der Waals surface area contributed by atoms with Crippen molar-refractivity contribution in [2.45, 2.75) is 266 Å². The van der Waals surface area contributed by atoms with Crippen LogP contribution in [0.3, 0.4) is 0 Å². The molecular formula is C52H88N2O40. The standard InChI is InChI=1S/C52H88N2O40/c1-11-23(61)31(69)35(73)47(83-11)82-10-20-42(29(67)21(45(79)84-20)53-12(2)59)91-46-22(54-13(3)60)30(68)41(17(7-58)88-46)92-52-40(78)44(94-51-38(76)34(72)26(64)16(6-57)87-51)28(66)19(90-52)9-81-49-39(77)43(93-50-37(75)33(71)25(63)15(5-56)86-50)27(65)18(89-49)8-80-48-36(74)32(70)24(62)14(4-55)85-48/h11,14-52,55-58,61-79H,4-10H2,1-3H3,(H,53,59)(H,54,60)/t11-,14+,15+,16+,17+,18+,19+,20+,21+,22+,23+,24+,25+,26+,27+,28+,29+,30+,31+,32-,33-,34-,35-,36-,37-,38-,39-,40-,41+,42+,43-,44-,45+,46-,47+,48-,49-,50+,51+,52+/m0/s1. The van der Waals surface area contributed by atoms with Crippen LogP contribution in [0.1, 0.15) is 20.8 Å². The highest BCUT2D eigenvalue weighted by atomic mass is 16.8. The maximum absolute atomic E-state index is 12.9. The molecule has 42 heteroatoms. The normalized spacial score (nSPS) is 51.2. The molecule has 0 spiro atoms. The SMILES string of the molecule is CC(=O)N[C@@H]1[C@@H](O)[C@H](O[C@@H]2O[C@H](CO)[C@@H](O[C@H]3O[C@H](CO[C@H]4O[C@H](CO[C@H]5O[C@H](CO)[C@@H](O)[C@H](O)[C@@H]5O)[C@@H](O)[C@H](O[C@H]5O[C@H](CO)[C@@H](O)[C@H](O)[C@@H]5O)[C@@H]4O)[C@@H](O)[C@H](O[C@H]4O[C@H](CO)[C@@H](O)[C@H](O)[C@@H]4O)[C@@H]3O)[C@H](O)[C@H]2NC(C)=O)[C@@H](CO[C@@H]2O[C@@H](C)[C@@H](O)[C@@H](O)[C@@H]2O)O[C@H]1O. The van der Waals surface area contributed by atoms with Gasteiger partial charge in [-0.25, -0.2) is 0 Å². The van der Waals surface area contributed by atoms with Crippen molar-refractivity contribution in [2.24, 2.45) is 0 Å². The first-order chi connectivity index (χ1) is 44.4. The summed E-state index contributed by atoms with van der Waals surface area (Å²) >= 11 is 0. The summed E-state index contributed by atoms with van der Waals surface area (Å²) in [6.07, 6.45) is -74.7. The van der Waals surface area contributed by atoms with Crippen molar-refractivity contribution in [3.8, 4) is 0 Å². The van der Waals surface area contributed by atoms with E-state index in [1.807, 2.05) is 0 Å². The van der Waals surface area contributed by atoms with E-state index in [9.17, 15) is 127 Å². The van der Waals surface area contributed by atoms with Crippen LogP contribution in [0.2, 0.25) is 0 Å². The third-order valence-corrected chi connectivity index (χ3v) is 17.4. The smallest absolute Gasteiger partial charge is 0.217 e. The molecule has 0 aromatic rings. The van der Waals surface area contributed by atoms with Crippen LogP contribution >= 0.6 is 0 Å². The number of aliphatic hydroxyl groups is 23. The fraction of sp³-hybridized carbons (Fsp3) is 0.962. The summed E-state index contributed by atoms with van der Waals surface area (Å²) in [6.45, 7) is -3.53. The third kappa shape index (κ3) is 16.7. The Morgan fingerprint density at radius 3 is 1.06 bits per heavy atom. The van der Waals surface area contributed by atoms with Gasteiger partial charge in [-0.2, -0.15) is 0 Å². The Morgan fingerprint density at radius 1 is 0.298 bits per heavy atom. The Bertz CT molecular complexity index is 2360. The number of rotatable bonds is 23. The Kier molecular flexibility index (Phi) is 27.3. The molecule has 42 nitrogen and oxygen atoms in total. The van der Waals surface area contributed by atoms with Crippen LogP contribution in [-0.2, 0) is 80.6 Å². The fourth-order valence-corrected chi connectivity index (χ4v) is 11.9. The van der Waals surface area contributed by atoms with Gasteiger partial charge >= 0.3 is 0 Å². The van der Waals surface area contributed by atoms with Crippen LogP contribution < -0.4 is 10.6 Å². The number of aliphatic hydroxyl groups excluding tert-OH is 23. The minimum Gasteiger partial charge on any atom is -0.394 e. The molecule has 8 rings (SSSR count). The lowest BCUT2D eigenvalue weighted by atomic mass is 9.93. The van der Waals surface area contributed by atoms with Gasteiger partial charge in [-0.05, 0) is 6.92 Å². The van der Waals surface area contributed by atoms with Gasteiger partial charge in [0.2, 0.25) is 11.8 Å². The average molecular weight is 1380 g/mol. The number of hydrogen-bond acceptors (Lipinski definition) is 40. The fourth-order valence-electron chi connectivity index (χ4n) is 11.9. The highest BCUT2D eigenvalue weighted by molar-refractivity contribution is 5.73. The molecule has 546 valence electrons. The van der Waals surface area contributed by atoms with E-state index in [1.54, 1.807) is 0 Å². The molecule has 25 N–H and O–H groups in total. The first-order valence-electron chi connectivity index (χ1n) is 30.0. The molecule has 0 saturated carbocycles. The maximum Gasteiger partial charge on any atom is 0.217 e. The molecule has 0 unspecified atom stereocenters. The molecule has 8 aliphatic heterocycles. The van der Waals surface area contributed by atoms with E-state index in [1.165, 1.54) is 6.92 Å². The van der Waals surface area contributed by atoms with Crippen molar-refractivity contribution in [2.75, 3.05) is 46.2 Å². The van der Waals surface area contributed by atoms with Gasteiger partial charge in [0.1, 0.15) is 189 Å². The number of carbonyl (C=O) groups excluding carboxylic acids is 2.